The summed E-state index contributed by atoms with van der Waals surface area (Å²) in [4.78, 5) is 3.69. The van der Waals surface area contributed by atoms with Gasteiger partial charge in [-0.05, 0) is 28.1 Å². The molecule has 0 fully saturated rings. The number of alkyl halides is 2. The van der Waals surface area contributed by atoms with E-state index in [4.69, 9.17) is 23.2 Å². The Morgan fingerprint density at radius 2 is 2.23 bits per heavy atom. The topological polar surface area (TPSA) is 17.3 Å². The number of nitrogens with zero attached hydrogens (tertiary/aromatic N) is 2. The van der Waals surface area contributed by atoms with Crippen LogP contribution in [0.5, 0.6) is 0 Å². The second-order valence-electron chi connectivity index (χ2n) is 2.55. The molecule has 0 aliphatic heterocycles. The summed E-state index contributed by atoms with van der Waals surface area (Å²) in [6.07, 6.45) is 3.71. The van der Waals surface area contributed by atoms with Gasteiger partial charge < -0.3 is 4.40 Å². The Hall–Kier alpha value is -0.250. The van der Waals surface area contributed by atoms with Gasteiger partial charge in [-0.1, -0.05) is 23.2 Å². The second kappa shape index (κ2) is 3.48. The van der Waals surface area contributed by atoms with Crippen LogP contribution in [0.4, 0.5) is 0 Å². The lowest BCUT2D eigenvalue weighted by molar-refractivity contribution is 1.17. The summed E-state index contributed by atoms with van der Waals surface area (Å²) in [5.74, 6) is 0. The summed E-state index contributed by atoms with van der Waals surface area (Å²) in [6.45, 7) is 0. The predicted octanol–water partition coefficient (Wildman–Crippen LogP) is 3.57. The van der Waals surface area contributed by atoms with E-state index >= 15 is 0 Å². The Balaban J connectivity index is 2.68. The molecule has 13 heavy (non-hydrogen) atoms. The number of imidazole rings is 1. The van der Waals surface area contributed by atoms with Gasteiger partial charge in [0.1, 0.15) is 0 Å². The number of fused-ring (bicyclic) bond motifs is 1. The van der Waals surface area contributed by atoms with Gasteiger partial charge in [0.15, 0.2) is 10.5 Å². The highest BCUT2D eigenvalue weighted by molar-refractivity contribution is 9.10. The fraction of sp³-hybridized carbons (Fsp3) is 0.125. The molecule has 2 aromatic heterocycles. The minimum atomic E-state index is -0.577. The van der Waals surface area contributed by atoms with Gasteiger partial charge in [-0.15, -0.1) is 0 Å². The first kappa shape index (κ1) is 9.31. The molecule has 2 aromatic rings. The molecule has 0 saturated carbocycles. The van der Waals surface area contributed by atoms with Crippen LogP contribution in [-0.4, -0.2) is 9.38 Å². The van der Waals surface area contributed by atoms with Gasteiger partial charge in [-0.25, -0.2) is 4.98 Å². The third kappa shape index (κ3) is 1.68. The lowest BCUT2D eigenvalue weighted by atomic mass is 10.5. The van der Waals surface area contributed by atoms with Crippen LogP contribution in [0.2, 0.25) is 0 Å². The van der Waals surface area contributed by atoms with Crippen LogP contribution in [0, 0.1) is 0 Å². The van der Waals surface area contributed by atoms with Crippen molar-refractivity contribution in [1.29, 1.82) is 0 Å². The molecule has 0 saturated heterocycles. The van der Waals surface area contributed by atoms with E-state index in [2.05, 4.69) is 20.9 Å². The zero-order chi connectivity index (χ0) is 9.42. The summed E-state index contributed by atoms with van der Waals surface area (Å²) in [5, 5.41) is 0. The van der Waals surface area contributed by atoms with E-state index in [1.807, 2.05) is 28.9 Å². The highest BCUT2D eigenvalue weighted by Crippen LogP contribution is 2.26. The third-order valence-electron chi connectivity index (χ3n) is 1.68. The van der Waals surface area contributed by atoms with Gasteiger partial charge in [0, 0.05) is 12.4 Å². The number of rotatable bonds is 1. The van der Waals surface area contributed by atoms with Crippen molar-refractivity contribution in [1.82, 2.24) is 9.38 Å². The van der Waals surface area contributed by atoms with Crippen LogP contribution in [0.3, 0.4) is 0 Å². The van der Waals surface area contributed by atoms with E-state index in [1.54, 1.807) is 0 Å². The van der Waals surface area contributed by atoms with Gasteiger partial charge in [-0.2, -0.15) is 0 Å². The molecular weight excluding hydrogens is 275 g/mol. The van der Waals surface area contributed by atoms with Crippen molar-refractivity contribution in [3.8, 4) is 0 Å². The van der Waals surface area contributed by atoms with Crippen molar-refractivity contribution < 1.29 is 0 Å². The molecule has 2 rings (SSSR count). The molecule has 68 valence electrons. The third-order valence-corrected chi connectivity index (χ3v) is 2.74. The number of pyridine rings is 1. The van der Waals surface area contributed by atoms with E-state index in [-0.39, 0.29) is 0 Å². The fourth-order valence-corrected chi connectivity index (χ4v) is 1.76. The van der Waals surface area contributed by atoms with Crippen LogP contribution in [0.25, 0.3) is 5.65 Å². The van der Waals surface area contributed by atoms with Crippen LogP contribution in [0.1, 0.15) is 10.5 Å². The van der Waals surface area contributed by atoms with Crippen molar-refractivity contribution in [2.75, 3.05) is 0 Å². The van der Waals surface area contributed by atoms with Crippen molar-refractivity contribution in [3.05, 3.63) is 34.7 Å². The van der Waals surface area contributed by atoms with Crippen LogP contribution >= 0.6 is 39.1 Å². The summed E-state index contributed by atoms with van der Waals surface area (Å²) >= 11 is 14.8. The lowest BCUT2D eigenvalue weighted by Crippen LogP contribution is -1.81. The molecule has 0 N–H and O–H groups in total. The normalized spacial score (nSPS) is 11.4. The average Bonchev–Trinajstić information content (AvgIpc) is 2.49. The van der Waals surface area contributed by atoms with E-state index in [1.165, 1.54) is 0 Å². The smallest absolute Gasteiger partial charge is 0.151 e. The minimum absolute atomic E-state index is 0.577. The Labute approximate surface area is 93.6 Å². The number of hydrogen-bond donors (Lipinski definition) is 0. The maximum Gasteiger partial charge on any atom is 0.151 e. The standard InChI is InChI=1S/C8H5BrCl2N2/c9-5-2-1-3-13-4-6(7(10)11)12-8(5)13/h1-4,7H. The van der Waals surface area contributed by atoms with Crippen molar-refractivity contribution in [2.24, 2.45) is 0 Å². The first-order valence-corrected chi connectivity index (χ1v) is 5.26. The van der Waals surface area contributed by atoms with Gasteiger partial charge in [-0.3, -0.25) is 0 Å². The Morgan fingerprint density at radius 1 is 1.46 bits per heavy atom. The van der Waals surface area contributed by atoms with Crippen molar-refractivity contribution in [3.63, 3.8) is 0 Å². The molecule has 2 heterocycles. The number of halogens is 3. The Kier molecular flexibility index (Phi) is 2.49. The Morgan fingerprint density at radius 3 is 2.85 bits per heavy atom. The molecular formula is C8H5BrCl2N2. The molecule has 0 amide bonds. The molecule has 0 aromatic carbocycles. The maximum atomic E-state index is 5.70. The van der Waals surface area contributed by atoms with E-state index in [0.717, 1.165) is 10.1 Å². The summed E-state index contributed by atoms with van der Waals surface area (Å²) in [7, 11) is 0. The predicted molar refractivity (Wildman–Crippen MR) is 57.3 cm³/mol. The highest BCUT2D eigenvalue weighted by atomic mass is 79.9. The summed E-state index contributed by atoms with van der Waals surface area (Å²) < 4.78 is 2.80. The molecule has 5 heteroatoms. The van der Waals surface area contributed by atoms with E-state index < -0.39 is 4.84 Å². The molecule has 0 atom stereocenters. The van der Waals surface area contributed by atoms with E-state index in [9.17, 15) is 0 Å². The largest absolute Gasteiger partial charge is 0.306 e. The molecule has 0 spiro atoms. The van der Waals surface area contributed by atoms with Crippen LogP contribution in [0.15, 0.2) is 29.0 Å². The molecule has 0 aliphatic rings. The SMILES string of the molecule is ClC(Cl)c1cn2cccc(Br)c2n1. The molecule has 2 nitrogen and oxygen atoms in total. The first-order valence-electron chi connectivity index (χ1n) is 3.60. The molecule has 0 aliphatic carbocycles. The monoisotopic (exact) mass is 278 g/mol. The van der Waals surface area contributed by atoms with Gasteiger partial charge in [0.05, 0.1) is 10.2 Å². The average molecular weight is 280 g/mol. The first-order chi connectivity index (χ1) is 6.18. The van der Waals surface area contributed by atoms with Crippen molar-refractivity contribution >= 4 is 44.8 Å². The molecule has 0 bridgehead atoms. The summed E-state index contributed by atoms with van der Waals surface area (Å²) in [6, 6.07) is 3.84. The number of aromatic nitrogens is 2. The Bertz CT molecular complexity index is 439. The molecule has 0 radical (unpaired) electrons. The number of hydrogen-bond acceptors (Lipinski definition) is 1. The maximum absolute atomic E-state index is 5.70. The molecule has 0 unspecified atom stereocenters. The van der Waals surface area contributed by atoms with Crippen molar-refractivity contribution in [2.45, 2.75) is 4.84 Å². The zero-order valence-corrected chi connectivity index (χ0v) is 9.51. The van der Waals surface area contributed by atoms with Crippen LogP contribution < -0.4 is 0 Å². The summed E-state index contributed by atoms with van der Waals surface area (Å²) in [5.41, 5.74) is 1.49. The van der Waals surface area contributed by atoms with Gasteiger partial charge >= 0.3 is 0 Å². The van der Waals surface area contributed by atoms with Crippen LogP contribution in [-0.2, 0) is 0 Å². The highest BCUT2D eigenvalue weighted by Gasteiger charge is 2.09. The van der Waals surface area contributed by atoms with Gasteiger partial charge in [0.2, 0.25) is 0 Å². The second-order valence-corrected chi connectivity index (χ2v) is 4.50. The minimum Gasteiger partial charge on any atom is -0.306 e. The van der Waals surface area contributed by atoms with Gasteiger partial charge in [0.25, 0.3) is 0 Å². The van der Waals surface area contributed by atoms with E-state index in [0.29, 0.717) is 5.69 Å². The quantitative estimate of drug-likeness (QED) is 0.730. The lowest BCUT2D eigenvalue weighted by Gasteiger charge is -1.92. The fourth-order valence-electron chi connectivity index (χ4n) is 1.10. The zero-order valence-electron chi connectivity index (χ0n) is 6.42.